The molecule has 1 aliphatic heterocycles. The number of pyridine rings is 2. The molecule has 3 rings (SSSR count). The number of hydrogen-bond acceptors (Lipinski definition) is 5. The van der Waals surface area contributed by atoms with Crippen molar-refractivity contribution < 1.29 is 4.79 Å². The number of rotatable bonds is 5. The molecular weight excluding hydrogens is 344 g/mol. The van der Waals surface area contributed by atoms with Gasteiger partial charge in [-0.05, 0) is 24.3 Å². The van der Waals surface area contributed by atoms with Crippen LogP contribution in [-0.2, 0) is 4.79 Å². The lowest BCUT2D eigenvalue weighted by molar-refractivity contribution is -0.131. The highest BCUT2D eigenvalue weighted by Gasteiger charge is 2.21. The van der Waals surface area contributed by atoms with Gasteiger partial charge in [-0.1, -0.05) is 17.7 Å². The van der Waals surface area contributed by atoms with E-state index in [-0.39, 0.29) is 5.91 Å². The van der Waals surface area contributed by atoms with Crippen molar-refractivity contribution in [2.24, 2.45) is 0 Å². The Morgan fingerprint density at radius 3 is 2.58 bits per heavy atom. The summed E-state index contributed by atoms with van der Waals surface area (Å²) in [6.45, 7) is 3.12. The first-order valence-corrected chi connectivity index (χ1v) is 9.27. The van der Waals surface area contributed by atoms with Gasteiger partial charge in [0.05, 0.1) is 5.02 Å². The first kappa shape index (κ1) is 17.0. The van der Waals surface area contributed by atoms with Gasteiger partial charge in [0.15, 0.2) is 0 Å². The van der Waals surface area contributed by atoms with E-state index in [1.54, 1.807) is 18.5 Å². The zero-order valence-corrected chi connectivity index (χ0v) is 14.8. The molecule has 0 radical (unpaired) electrons. The number of nitrogens with zero attached hydrogens (tertiary/aromatic N) is 4. The molecule has 24 heavy (non-hydrogen) atoms. The summed E-state index contributed by atoms with van der Waals surface area (Å²) in [5.74, 6) is 1.86. The van der Waals surface area contributed by atoms with Gasteiger partial charge < -0.3 is 9.80 Å². The summed E-state index contributed by atoms with van der Waals surface area (Å²) in [6, 6.07) is 9.52. The van der Waals surface area contributed by atoms with Gasteiger partial charge in [-0.25, -0.2) is 9.97 Å². The molecule has 1 saturated heterocycles. The molecule has 5 nitrogen and oxygen atoms in total. The van der Waals surface area contributed by atoms with Gasteiger partial charge in [0.1, 0.15) is 10.8 Å². The van der Waals surface area contributed by atoms with E-state index < -0.39 is 0 Å². The second-order valence-electron chi connectivity index (χ2n) is 5.44. The van der Waals surface area contributed by atoms with Gasteiger partial charge in [-0.3, -0.25) is 4.79 Å². The molecule has 0 bridgehead atoms. The monoisotopic (exact) mass is 362 g/mol. The van der Waals surface area contributed by atoms with Crippen LogP contribution in [0.1, 0.15) is 6.42 Å². The van der Waals surface area contributed by atoms with E-state index in [1.807, 2.05) is 29.2 Å². The lowest BCUT2D eigenvalue weighted by atomic mass is 10.3. The summed E-state index contributed by atoms with van der Waals surface area (Å²) in [7, 11) is 0. The number of carbonyl (C=O) groups excluding carboxylic acids is 1. The zero-order valence-electron chi connectivity index (χ0n) is 13.3. The molecule has 1 fully saturated rings. The first-order valence-electron chi connectivity index (χ1n) is 7.91. The van der Waals surface area contributed by atoms with E-state index in [9.17, 15) is 4.79 Å². The molecule has 0 N–H and O–H groups in total. The van der Waals surface area contributed by atoms with Gasteiger partial charge >= 0.3 is 0 Å². The lowest BCUT2D eigenvalue weighted by Crippen LogP contribution is -2.49. The second-order valence-corrected chi connectivity index (χ2v) is 6.94. The molecule has 0 unspecified atom stereocenters. The minimum atomic E-state index is 0.190. The Kier molecular flexibility index (Phi) is 5.93. The van der Waals surface area contributed by atoms with E-state index in [2.05, 4.69) is 14.9 Å². The number of aromatic nitrogens is 2. The Balaban J connectivity index is 1.43. The van der Waals surface area contributed by atoms with E-state index in [0.29, 0.717) is 17.2 Å². The third-order valence-electron chi connectivity index (χ3n) is 3.89. The predicted octanol–water partition coefficient (Wildman–Crippen LogP) is 2.96. The number of carbonyl (C=O) groups is 1. The Morgan fingerprint density at radius 1 is 1.08 bits per heavy atom. The molecule has 0 atom stereocenters. The molecule has 0 saturated carbocycles. The molecule has 2 aromatic heterocycles. The fraction of sp³-hybridized carbons (Fsp3) is 0.353. The highest BCUT2D eigenvalue weighted by atomic mass is 35.5. The minimum Gasteiger partial charge on any atom is -0.353 e. The van der Waals surface area contributed by atoms with Gasteiger partial charge in [-0.15, -0.1) is 11.8 Å². The largest absolute Gasteiger partial charge is 0.353 e. The molecule has 2 aromatic rings. The lowest BCUT2D eigenvalue weighted by Gasteiger charge is -2.35. The summed E-state index contributed by atoms with van der Waals surface area (Å²) in [5, 5.41) is 1.42. The SMILES string of the molecule is O=C(CCSc1ncccc1Cl)N1CCN(c2ccccn2)CC1. The second kappa shape index (κ2) is 8.35. The van der Waals surface area contributed by atoms with Crippen LogP contribution in [0.3, 0.4) is 0 Å². The number of halogens is 1. The van der Waals surface area contributed by atoms with E-state index in [0.717, 1.165) is 37.0 Å². The molecular formula is C17H19ClN4OS. The standard InChI is InChI=1S/C17H19ClN4OS/c18-14-4-3-8-20-17(14)24-13-6-16(23)22-11-9-21(10-12-22)15-5-1-2-7-19-15/h1-5,7-8H,6,9-13H2. The van der Waals surface area contributed by atoms with Crippen molar-refractivity contribution in [2.45, 2.75) is 11.4 Å². The van der Waals surface area contributed by atoms with Gasteiger partial charge in [-0.2, -0.15) is 0 Å². The normalized spacial score (nSPS) is 14.7. The van der Waals surface area contributed by atoms with Crippen molar-refractivity contribution in [3.63, 3.8) is 0 Å². The third-order valence-corrected chi connectivity index (χ3v) is 5.31. The molecule has 1 amide bonds. The summed E-state index contributed by atoms with van der Waals surface area (Å²) in [4.78, 5) is 25.1. The van der Waals surface area contributed by atoms with Crippen LogP contribution in [0, 0.1) is 0 Å². The summed E-state index contributed by atoms with van der Waals surface area (Å²) >= 11 is 7.60. The maximum atomic E-state index is 12.3. The van der Waals surface area contributed by atoms with Crippen LogP contribution < -0.4 is 4.90 Å². The highest BCUT2D eigenvalue weighted by molar-refractivity contribution is 7.99. The maximum absolute atomic E-state index is 12.3. The number of anilines is 1. The Bertz CT molecular complexity index is 677. The topological polar surface area (TPSA) is 49.3 Å². The van der Waals surface area contributed by atoms with E-state index in [4.69, 9.17) is 11.6 Å². The highest BCUT2D eigenvalue weighted by Crippen LogP contribution is 2.24. The quantitative estimate of drug-likeness (QED) is 0.765. The molecule has 3 heterocycles. The van der Waals surface area contributed by atoms with Crippen molar-refractivity contribution in [1.82, 2.24) is 14.9 Å². The minimum absolute atomic E-state index is 0.190. The Labute approximate surface area is 151 Å². The van der Waals surface area contributed by atoms with Crippen molar-refractivity contribution in [2.75, 3.05) is 36.8 Å². The summed E-state index contributed by atoms with van der Waals surface area (Å²) < 4.78 is 0. The molecule has 1 aliphatic rings. The zero-order chi connectivity index (χ0) is 16.8. The average molecular weight is 363 g/mol. The van der Waals surface area contributed by atoms with Crippen molar-refractivity contribution in [3.05, 3.63) is 47.7 Å². The van der Waals surface area contributed by atoms with Gasteiger partial charge in [0, 0.05) is 50.7 Å². The average Bonchev–Trinajstić information content (AvgIpc) is 2.64. The molecule has 0 spiro atoms. The molecule has 0 aliphatic carbocycles. The number of amides is 1. The molecule has 0 aromatic carbocycles. The van der Waals surface area contributed by atoms with E-state index >= 15 is 0 Å². The smallest absolute Gasteiger partial charge is 0.223 e. The molecule has 126 valence electrons. The molecule has 7 heteroatoms. The van der Waals surface area contributed by atoms with Gasteiger partial charge in [0.2, 0.25) is 5.91 Å². The number of piperazine rings is 1. The van der Waals surface area contributed by atoms with Crippen LogP contribution in [0.2, 0.25) is 5.02 Å². The summed E-state index contributed by atoms with van der Waals surface area (Å²) in [6.07, 6.45) is 4.01. The van der Waals surface area contributed by atoms with Crippen molar-refractivity contribution in [3.8, 4) is 0 Å². The maximum Gasteiger partial charge on any atom is 0.223 e. The predicted molar refractivity (Wildman–Crippen MR) is 97.6 cm³/mol. The fourth-order valence-electron chi connectivity index (χ4n) is 2.60. The van der Waals surface area contributed by atoms with Gasteiger partial charge in [0.25, 0.3) is 0 Å². The van der Waals surface area contributed by atoms with Crippen LogP contribution in [0.5, 0.6) is 0 Å². The summed E-state index contributed by atoms with van der Waals surface area (Å²) in [5.41, 5.74) is 0. The Hall–Kier alpha value is -1.79. The van der Waals surface area contributed by atoms with E-state index in [1.165, 1.54) is 11.8 Å². The number of thioether (sulfide) groups is 1. The van der Waals surface area contributed by atoms with Crippen LogP contribution in [0.25, 0.3) is 0 Å². The van der Waals surface area contributed by atoms with Crippen LogP contribution in [-0.4, -0.2) is 52.7 Å². The third kappa shape index (κ3) is 4.39. The van der Waals surface area contributed by atoms with Crippen molar-refractivity contribution in [1.29, 1.82) is 0 Å². The fourth-order valence-corrected chi connectivity index (χ4v) is 3.69. The first-order chi connectivity index (χ1) is 11.7. The van der Waals surface area contributed by atoms with Crippen LogP contribution in [0.15, 0.2) is 47.8 Å². The van der Waals surface area contributed by atoms with Crippen molar-refractivity contribution >= 4 is 35.1 Å². The van der Waals surface area contributed by atoms with Crippen LogP contribution >= 0.6 is 23.4 Å². The Morgan fingerprint density at radius 2 is 1.88 bits per heavy atom. The van der Waals surface area contributed by atoms with Crippen LogP contribution in [0.4, 0.5) is 5.82 Å². The number of hydrogen-bond donors (Lipinski definition) is 0.